The zero-order chi connectivity index (χ0) is 25.5. The second-order valence-corrected chi connectivity index (χ2v) is 10.4. The number of hydrogen-bond donors (Lipinski definition) is 1. The predicted octanol–water partition coefficient (Wildman–Crippen LogP) is 3.71. The van der Waals surface area contributed by atoms with Gasteiger partial charge in [-0.3, -0.25) is 13.9 Å². The summed E-state index contributed by atoms with van der Waals surface area (Å²) in [5.41, 5.74) is 0.882. The summed E-state index contributed by atoms with van der Waals surface area (Å²) in [6.07, 6.45) is 1.33. The van der Waals surface area contributed by atoms with Gasteiger partial charge >= 0.3 is 0 Å². The highest BCUT2D eigenvalue weighted by atomic mass is 35.5. The number of carbonyl (C=O) groups excluding carboxylic acids is 2. The number of benzene rings is 2. The first-order chi connectivity index (χ1) is 16.0. The van der Waals surface area contributed by atoms with Crippen LogP contribution in [0.2, 0.25) is 10.0 Å². The van der Waals surface area contributed by atoms with Gasteiger partial charge in [0, 0.05) is 23.1 Å². The van der Waals surface area contributed by atoms with Crippen molar-refractivity contribution in [3.8, 4) is 5.75 Å². The van der Waals surface area contributed by atoms with E-state index in [2.05, 4.69) is 5.32 Å². The van der Waals surface area contributed by atoms with E-state index in [1.54, 1.807) is 38.1 Å². The maximum Gasteiger partial charge on any atom is 0.244 e. The number of rotatable bonds is 11. The van der Waals surface area contributed by atoms with Crippen molar-refractivity contribution in [2.75, 3.05) is 30.8 Å². The van der Waals surface area contributed by atoms with E-state index in [0.29, 0.717) is 18.7 Å². The van der Waals surface area contributed by atoms with Crippen LogP contribution in [0.1, 0.15) is 25.8 Å². The average molecular weight is 530 g/mol. The molecule has 0 aromatic heterocycles. The number of nitrogens with one attached hydrogen (secondary N) is 1. The van der Waals surface area contributed by atoms with Crippen LogP contribution in [0, 0.1) is 0 Å². The second-order valence-electron chi connectivity index (χ2n) is 7.59. The number of hydrogen-bond acceptors (Lipinski definition) is 5. The second kappa shape index (κ2) is 12.3. The molecule has 1 unspecified atom stereocenters. The van der Waals surface area contributed by atoms with Crippen molar-refractivity contribution in [1.29, 1.82) is 0 Å². The molecule has 34 heavy (non-hydrogen) atoms. The standard InChI is InChI=1S/C23H29Cl2N3O5S/c1-5-21(23(30)26-6-2)27(14-16-8-7-9-20(10-16)33-3)22(29)15-28(34(4,31)32)19-12-17(24)11-18(25)13-19/h7-13,21H,5-6,14-15H2,1-4H3,(H,26,30). The molecular weight excluding hydrogens is 501 g/mol. The summed E-state index contributed by atoms with van der Waals surface area (Å²) in [5, 5.41) is 3.20. The maximum absolute atomic E-state index is 13.6. The van der Waals surface area contributed by atoms with Crippen molar-refractivity contribution in [3.63, 3.8) is 0 Å². The minimum atomic E-state index is -3.88. The van der Waals surface area contributed by atoms with Crippen LogP contribution in [-0.4, -0.2) is 57.6 Å². The van der Waals surface area contributed by atoms with Gasteiger partial charge in [0.05, 0.1) is 19.1 Å². The molecule has 0 radical (unpaired) electrons. The number of anilines is 1. The Labute approximate surface area is 210 Å². The lowest BCUT2D eigenvalue weighted by molar-refractivity contribution is -0.140. The molecular formula is C23H29Cl2N3O5S. The van der Waals surface area contributed by atoms with E-state index in [0.717, 1.165) is 16.1 Å². The molecule has 0 saturated carbocycles. The van der Waals surface area contributed by atoms with Gasteiger partial charge in [0.1, 0.15) is 18.3 Å². The van der Waals surface area contributed by atoms with Crippen molar-refractivity contribution < 1.29 is 22.7 Å². The quantitative estimate of drug-likeness (QED) is 0.478. The fraction of sp³-hybridized carbons (Fsp3) is 0.391. The van der Waals surface area contributed by atoms with Gasteiger partial charge in [0.2, 0.25) is 21.8 Å². The Hall–Kier alpha value is -2.49. The van der Waals surface area contributed by atoms with Crippen LogP contribution in [0.5, 0.6) is 5.75 Å². The SMILES string of the molecule is CCNC(=O)C(CC)N(Cc1cccc(OC)c1)C(=O)CN(c1cc(Cl)cc(Cl)c1)S(C)(=O)=O. The lowest BCUT2D eigenvalue weighted by Gasteiger charge is -2.33. The molecule has 0 aliphatic heterocycles. The van der Waals surface area contributed by atoms with Crippen LogP contribution in [0.3, 0.4) is 0 Å². The molecule has 0 fully saturated rings. The van der Waals surface area contributed by atoms with Gasteiger partial charge in [-0.05, 0) is 49.2 Å². The fourth-order valence-corrected chi connectivity index (χ4v) is 4.82. The van der Waals surface area contributed by atoms with E-state index in [1.165, 1.54) is 30.2 Å². The van der Waals surface area contributed by atoms with Gasteiger partial charge in [-0.15, -0.1) is 0 Å². The van der Waals surface area contributed by atoms with Crippen molar-refractivity contribution >= 4 is 50.7 Å². The summed E-state index contributed by atoms with van der Waals surface area (Å²) in [7, 11) is -2.35. The van der Waals surface area contributed by atoms with Gasteiger partial charge in [-0.25, -0.2) is 8.42 Å². The maximum atomic E-state index is 13.6. The number of methoxy groups -OCH3 is 1. The summed E-state index contributed by atoms with van der Waals surface area (Å²) in [4.78, 5) is 27.7. The molecule has 8 nitrogen and oxygen atoms in total. The van der Waals surface area contributed by atoms with Crippen LogP contribution in [0.4, 0.5) is 5.69 Å². The van der Waals surface area contributed by atoms with E-state index in [-0.39, 0.29) is 28.2 Å². The Morgan fingerprint density at radius 3 is 2.26 bits per heavy atom. The number of amides is 2. The molecule has 0 saturated heterocycles. The monoisotopic (exact) mass is 529 g/mol. The van der Waals surface area contributed by atoms with Gasteiger partial charge < -0.3 is 15.0 Å². The topological polar surface area (TPSA) is 96.0 Å². The molecule has 0 aliphatic carbocycles. The largest absolute Gasteiger partial charge is 0.497 e. The number of ether oxygens (including phenoxy) is 1. The van der Waals surface area contributed by atoms with Crippen molar-refractivity contribution in [1.82, 2.24) is 10.2 Å². The molecule has 0 heterocycles. The molecule has 0 spiro atoms. The zero-order valence-corrected chi connectivity index (χ0v) is 21.9. The first kappa shape index (κ1) is 27.8. The first-order valence-electron chi connectivity index (χ1n) is 10.6. The van der Waals surface area contributed by atoms with E-state index < -0.39 is 28.5 Å². The molecule has 0 bridgehead atoms. The van der Waals surface area contributed by atoms with Crippen molar-refractivity contribution in [2.45, 2.75) is 32.9 Å². The Morgan fingerprint density at radius 1 is 1.09 bits per heavy atom. The Bertz CT molecular complexity index is 1110. The molecule has 2 rings (SSSR count). The zero-order valence-electron chi connectivity index (χ0n) is 19.5. The van der Waals surface area contributed by atoms with Gasteiger partial charge in [-0.1, -0.05) is 42.3 Å². The number of carbonyl (C=O) groups is 2. The molecule has 1 N–H and O–H groups in total. The van der Waals surface area contributed by atoms with E-state index in [4.69, 9.17) is 27.9 Å². The Morgan fingerprint density at radius 2 is 1.74 bits per heavy atom. The third-order valence-electron chi connectivity index (χ3n) is 5.04. The highest BCUT2D eigenvalue weighted by Gasteiger charge is 2.31. The van der Waals surface area contributed by atoms with Crippen LogP contribution < -0.4 is 14.4 Å². The summed E-state index contributed by atoms with van der Waals surface area (Å²) >= 11 is 12.1. The smallest absolute Gasteiger partial charge is 0.244 e. The molecule has 11 heteroatoms. The predicted molar refractivity (Wildman–Crippen MR) is 135 cm³/mol. The average Bonchev–Trinajstić information content (AvgIpc) is 2.76. The lowest BCUT2D eigenvalue weighted by atomic mass is 10.1. The van der Waals surface area contributed by atoms with E-state index >= 15 is 0 Å². The summed E-state index contributed by atoms with van der Waals surface area (Å²) < 4.78 is 31.4. The third-order valence-corrected chi connectivity index (χ3v) is 6.62. The van der Waals surface area contributed by atoms with Crippen LogP contribution in [0.25, 0.3) is 0 Å². The lowest BCUT2D eigenvalue weighted by Crippen LogP contribution is -2.52. The normalized spacial score (nSPS) is 12.1. The van der Waals surface area contributed by atoms with E-state index in [1.807, 2.05) is 0 Å². The Balaban J connectivity index is 2.47. The van der Waals surface area contributed by atoms with Crippen LogP contribution in [0.15, 0.2) is 42.5 Å². The minimum Gasteiger partial charge on any atom is -0.497 e. The molecule has 186 valence electrons. The van der Waals surface area contributed by atoms with Crippen LogP contribution in [-0.2, 0) is 26.2 Å². The van der Waals surface area contributed by atoms with Gasteiger partial charge in [0.25, 0.3) is 0 Å². The number of halogens is 2. The van der Waals surface area contributed by atoms with Gasteiger partial charge in [-0.2, -0.15) is 0 Å². The van der Waals surface area contributed by atoms with Gasteiger partial charge in [0.15, 0.2) is 0 Å². The summed E-state index contributed by atoms with van der Waals surface area (Å²) in [6, 6.07) is 10.6. The first-order valence-corrected chi connectivity index (χ1v) is 13.2. The number of sulfonamides is 1. The summed E-state index contributed by atoms with van der Waals surface area (Å²) in [5.74, 6) is -0.275. The molecule has 0 aliphatic rings. The van der Waals surface area contributed by atoms with Crippen molar-refractivity contribution in [2.24, 2.45) is 0 Å². The highest BCUT2D eigenvalue weighted by molar-refractivity contribution is 7.92. The molecule has 2 aromatic rings. The Kier molecular flexibility index (Phi) is 10.0. The minimum absolute atomic E-state index is 0.0829. The number of likely N-dealkylation sites (N-methyl/N-ethyl adjacent to an activating group) is 1. The molecule has 2 aromatic carbocycles. The van der Waals surface area contributed by atoms with E-state index in [9.17, 15) is 18.0 Å². The molecule has 1 atom stereocenters. The van der Waals surface area contributed by atoms with Crippen LogP contribution >= 0.6 is 23.2 Å². The fourth-order valence-electron chi connectivity index (χ4n) is 3.48. The summed E-state index contributed by atoms with van der Waals surface area (Å²) in [6.45, 7) is 3.52. The van der Waals surface area contributed by atoms with Crippen molar-refractivity contribution in [3.05, 3.63) is 58.1 Å². The third kappa shape index (κ3) is 7.51. The highest BCUT2D eigenvalue weighted by Crippen LogP contribution is 2.27. The number of nitrogens with zero attached hydrogens (tertiary/aromatic N) is 2. The molecule has 2 amide bonds.